The van der Waals surface area contributed by atoms with Gasteiger partial charge in [0.25, 0.3) is 11.1 Å². The highest BCUT2D eigenvalue weighted by atomic mass is 79.9. The van der Waals surface area contributed by atoms with Crippen molar-refractivity contribution in [3.05, 3.63) is 74.6 Å². The quantitative estimate of drug-likeness (QED) is 0.339. The predicted octanol–water partition coefficient (Wildman–Crippen LogP) is 6.72. The molecule has 1 N–H and O–H groups in total. The molecule has 1 aliphatic rings. The summed E-state index contributed by atoms with van der Waals surface area (Å²) in [4.78, 5) is 39.3. The van der Waals surface area contributed by atoms with Crippen LogP contribution in [-0.4, -0.2) is 34.6 Å². The molecular weight excluding hydrogens is 540 g/mol. The Morgan fingerprint density at radius 2 is 1.94 bits per heavy atom. The van der Waals surface area contributed by atoms with Crippen LogP contribution in [0, 0.1) is 0 Å². The molecule has 0 bridgehead atoms. The van der Waals surface area contributed by atoms with Gasteiger partial charge in [-0.1, -0.05) is 41.9 Å². The largest absolute Gasteiger partial charge is 0.490 e. The minimum absolute atomic E-state index is 0.0702. The van der Waals surface area contributed by atoms with E-state index in [0.29, 0.717) is 26.5 Å². The van der Waals surface area contributed by atoms with E-state index in [4.69, 9.17) is 16.3 Å². The Bertz CT molecular complexity index is 1340. The lowest BCUT2D eigenvalue weighted by atomic mass is 10.0. The number of imide groups is 1. The maximum absolute atomic E-state index is 13.0. The predicted molar refractivity (Wildman–Crippen MR) is 140 cm³/mol. The first kappa shape index (κ1) is 24.3. The lowest BCUT2D eigenvalue weighted by molar-refractivity contribution is -0.127. The van der Waals surface area contributed by atoms with Crippen molar-refractivity contribution in [1.29, 1.82) is 0 Å². The van der Waals surface area contributed by atoms with Crippen molar-refractivity contribution < 1.29 is 19.1 Å². The lowest BCUT2D eigenvalue weighted by Gasteiger charge is -2.15. The van der Waals surface area contributed by atoms with E-state index in [2.05, 4.69) is 21.2 Å². The Hall–Kier alpha value is -2.81. The second-order valence-electron chi connectivity index (χ2n) is 7.81. The lowest BCUT2D eigenvalue weighted by Crippen LogP contribution is -2.36. The minimum Gasteiger partial charge on any atom is -0.490 e. The molecule has 3 aromatic carbocycles. The van der Waals surface area contributed by atoms with E-state index in [1.165, 1.54) is 0 Å². The van der Waals surface area contributed by atoms with Crippen molar-refractivity contribution in [2.75, 3.05) is 11.9 Å². The third kappa shape index (κ3) is 5.29. The van der Waals surface area contributed by atoms with E-state index < -0.39 is 23.6 Å². The summed E-state index contributed by atoms with van der Waals surface area (Å²) in [6.07, 6.45) is 1.59. The van der Waals surface area contributed by atoms with Crippen LogP contribution in [0.4, 0.5) is 10.5 Å². The van der Waals surface area contributed by atoms with Gasteiger partial charge >= 0.3 is 0 Å². The zero-order valence-electron chi connectivity index (χ0n) is 18.3. The summed E-state index contributed by atoms with van der Waals surface area (Å²) in [6, 6.07) is 16.5. The normalized spacial score (nSPS) is 15.0. The van der Waals surface area contributed by atoms with Crippen LogP contribution in [-0.2, 0) is 9.59 Å². The number of hydrogen-bond acceptors (Lipinski definition) is 5. The monoisotopic (exact) mass is 558 g/mol. The Kier molecular flexibility index (Phi) is 7.30. The number of thioether (sulfide) groups is 1. The molecule has 34 heavy (non-hydrogen) atoms. The zero-order chi connectivity index (χ0) is 24.4. The number of rotatable bonds is 6. The van der Waals surface area contributed by atoms with Crippen molar-refractivity contribution in [3.63, 3.8) is 0 Å². The van der Waals surface area contributed by atoms with Gasteiger partial charge in [0.05, 0.1) is 16.0 Å². The Labute approximate surface area is 214 Å². The number of benzene rings is 3. The molecule has 1 saturated heterocycles. The average molecular weight is 560 g/mol. The first-order valence-electron chi connectivity index (χ1n) is 10.4. The number of halogens is 2. The summed E-state index contributed by atoms with van der Waals surface area (Å²) in [5.74, 6) is -0.413. The fourth-order valence-electron chi connectivity index (χ4n) is 3.47. The van der Waals surface area contributed by atoms with Gasteiger partial charge in [-0.2, -0.15) is 0 Å². The van der Waals surface area contributed by atoms with Crippen LogP contribution >= 0.6 is 39.3 Å². The fourth-order valence-corrected chi connectivity index (χ4v) is 4.71. The minimum atomic E-state index is -0.526. The topological polar surface area (TPSA) is 75.7 Å². The van der Waals surface area contributed by atoms with Crippen molar-refractivity contribution in [3.8, 4) is 5.75 Å². The number of anilines is 1. The van der Waals surface area contributed by atoms with Crippen LogP contribution in [0.5, 0.6) is 5.75 Å². The first-order valence-corrected chi connectivity index (χ1v) is 12.4. The average Bonchev–Trinajstić information content (AvgIpc) is 3.05. The van der Waals surface area contributed by atoms with Crippen LogP contribution in [0.3, 0.4) is 0 Å². The molecule has 1 fully saturated rings. The van der Waals surface area contributed by atoms with E-state index in [0.717, 1.165) is 27.4 Å². The van der Waals surface area contributed by atoms with Crippen molar-refractivity contribution in [2.24, 2.45) is 0 Å². The molecule has 0 atom stereocenters. The third-order valence-electron chi connectivity index (χ3n) is 4.95. The van der Waals surface area contributed by atoms with Gasteiger partial charge in [-0.3, -0.25) is 19.3 Å². The molecule has 0 spiro atoms. The van der Waals surface area contributed by atoms with Crippen LogP contribution in [0.15, 0.2) is 64.0 Å². The molecule has 3 aromatic rings. The second-order valence-corrected chi connectivity index (χ2v) is 10.1. The van der Waals surface area contributed by atoms with Gasteiger partial charge in [-0.25, -0.2) is 0 Å². The molecule has 0 unspecified atom stereocenters. The Morgan fingerprint density at radius 3 is 2.68 bits per heavy atom. The molecule has 0 aliphatic carbocycles. The SMILES string of the molecule is CC(C)Oc1ccc2ccccc2c1/C=C1/SC(=O)N(CC(=O)Nc2ccc(Br)c(Cl)c2)C1=O. The highest BCUT2D eigenvalue weighted by Crippen LogP contribution is 2.37. The zero-order valence-corrected chi connectivity index (χ0v) is 21.5. The second kappa shape index (κ2) is 10.2. The summed E-state index contributed by atoms with van der Waals surface area (Å²) in [5.41, 5.74) is 1.18. The van der Waals surface area contributed by atoms with E-state index in [1.807, 2.05) is 50.2 Å². The summed E-state index contributed by atoms with van der Waals surface area (Å²) < 4.78 is 6.65. The number of carbonyl (C=O) groups is 3. The van der Waals surface area contributed by atoms with Crippen LogP contribution in [0.1, 0.15) is 19.4 Å². The number of carbonyl (C=O) groups excluding carboxylic acids is 3. The van der Waals surface area contributed by atoms with Gasteiger partial charge in [0.15, 0.2) is 0 Å². The molecule has 9 heteroatoms. The van der Waals surface area contributed by atoms with Crippen LogP contribution in [0.25, 0.3) is 16.8 Å². The fraction of sp³-hybridized carbons (Fsp3) is 0.160. The highest BCUT2D eigenvalue weighted by Gasteiger charge is 2.36. The first-order chi connectivity index (χ1) is 16.2. The van der Waals surface area contributed by atoms with Crippen LogP contribution < -0.4 is 10.1 Å². The van der Waals surface area contributed by atoms with Gasteiger partial charge in [0, 0.05) is 15.7 Å². The maximum atomic E-state index is 13.0. The number of fused-ring (bicyclic) bond motifs is 1. The third-order valence-corrected chi connectivity index (χ3v) is 7.09. The standard InChI is InChI=1S/C25H20BrClN2O4S/c1-14(2)33-21-10-7-15-5-3-4-6-17(15)18(21)12-22-24(31)29(25(32)34-22)13-23(30)28-16-8-9-19(26)20(27)11-16/h3-12,14H,13H2,1-2H3,(H,28,30)/b22-12+. The molecule has 0 saturated carbocycles. The van der Waals surface area contributed by atoms with Gasteiger partial charge in [0.1, 0.15) is 12.3 Å². The molecule has 1 aliphatic heterocycles. The molecule has 0 aromatic heterocycles. The van der Waals surface area contributed by atoms with E-state index in [-0.39, 0.29) is 11.0 Å². The molecule has 6 nitrogen and oxygen atoms in total. The van der Waals surface area contributed by atoms with Gasteiger partial charge in [-0.15, -0.1) is 0 Å². The number of amides is 3. The number of nitrogens with zero attached hydrogens (tertiary/aromatic N) is 1. The molecular formula is C25H20BrClN2O4S. The van der Waals surface area contributed by atoms with Crippen molar-refractivity contribution in [2.45, 2.75) is 20.0 Å². The van der Waals surface area contributed by atoms with E-state index in [1.54, 1.807) is 24.3 Å². The molecule has 0 radical (unpaired) electrons. The Morgan fingerprint density at radius 1 is 1.18 bits per heavy atom. The molecule has 4 rings (SSSR count). The highest BCUT2D eigenvalue weighted by molar-refractivity contribution is 9.10. The number of hydrogen-bond donors (Lipinski definition) is 1. The van der Waals surface area contributed by atoms with Gasteiger partial charge < -0.3 is 10.1 Å². The van der Waals surface area contributed by atoms with Gasteiger partial charge in [0.2, 0.25) is 5.91 Å². The summed E-state index contributed by atoms with van der Waals surface area (Å²) in [7, 11) is 0. The summed E-state index contributed by atoms with van der Waals surface area (Å²) in [6.45, 7) is 3.44. The summed E-state index contributed by atoms with van der Waals surface area (Å²) in [5, 5.41) is 4.47. The maximum Gasteiger partial charge on any atom is 0.294 e. The smallest absolute Gasteiger partial charge is 0.294 e. The number of nitrogens with one attached hydrogen (secondary N) is 1. The molecule has 3 amide bonds. The molecule has 174 valence electrons. The van der Waals surface area contributed by atoms with Gasteiger partial charge in [-0.05, 0) is 82.7 Å². The van der Waals surface area contributed by atoms with E-state index in [9.17, 15) is 14.4 Å². The van der Waals surface area contributed by atoms with E-state index >= 15 is 0 Å². The molecule has 1 heterocycles. The number of ether oxygens (including phenoxy) is 1. The van der Waals surface area contributed by atoms with Crippen LogP contribution in [0.2, 0.25) is 5.02 Å². The van der Waals surface area contributed by atoms with Crippen molar-refractivity contribution >= 4 is 78.9 Å². The van der Waals surface area contributed by atoms with Crippen molar-refractivity contribution in [1.82, 2.24) is 4.90 Å². The Balaban J connectivity index is 1.59. The summed E-state index contributed by atoms with van der Waals surface area (Å²) >= 11 is 10.1.